The topological polar surface area (TPSA) is 52.6 Å². The van der Waals surface area contributed by atoms with Gasteiger partial charge >= 0.3 is 11.9 Å². The molecular formula is C21H20O4S2. The Morgan fingerprint density at radius 2 is 1.22 bits per heavy atom. The summed E-state index contributed by atoms with van der Waals surface area (Å²) in [6.45, 7) is 0. The second-order valence-corrected chi connectivity index (χ2v) is 8.93. The number of fused-ring (bicyclic) bond motifs is 5. The highest BCUT2D eigenvalue weighted by Crippen LogP contribution is 2.59. The molecule has 1 aliphatic carbocycles. The first-order valence-corrected chi connectivity index (χ1v) is 10.8. The molecule has 2 atom stereocenters. The number of carbonyl (C=O) groups excluding carboxylic acids is 2. The van der Waals surface area contributed by atoms with Gasteiger partial charge in [0.15, 0.2) is 0 Å². The van der Waals surface area contributed by atoms with Crippen molar-refractivity contribution in [1.29, 1.82) is 0 Å². The second kappa shape index (κ2) is 7.24. The zero-order valence-electron chi connectivity index (χ0n) is 15.1. The third kappa shape index (κ3) is 2.61. The molecule has 1 saturated heterocycles. The molecule has 27 heavy (non-hydrogen) atoms. The highest BCUT2D eigenvalue weighted by molar-refractivity contribution is 8.05. The molecule has 0 unspecified atom stereocenters. The zero-order valence-corrected chi connectivity index (χ0v) is 16.8. The fraction of sp³-hybridized carbons (Fsp3) is 0.333. The second-order valence-electron chi connectivity index (χ2n) is 6.51. The number of carbonyl (C=O) groups is 2. The fourth-order valence-electron chi connectivity index (χ4n) is 4.32. The van der Waals surface area contributed by atoms with E-state index in [4.69, 9.17) is 9.47 Å². The summed E-state index contributed by atoms with van der Waals surface area (Å²) < 4.78 is 10.4. The molecule has 0 bridgehead atoms. The van der Waals surface area contributed by atoms with Crippen LogP contribution in [0.15, 0.2) is 48.5 Å². The van der Waals surface area contributed by atoms with Crippen LogP contribution in [0.1, 0.15) is 11.1 Å². The van der Waals surface area contributed by atoms with Crippen LogP contribution in [0.2, 0.25) is 0 Å². The van der Waals surface area contributed by atoms with Crippen molar-refractivity contribution >= 4 is 35.5 Å². The van der Waals surface area contributed by atoms with Crippen LogP contribution in [-0.2, 0) is 24.5 Å². The minimum atomic E-state index is -0.820. The summed E-state index contributed by atoms with van der Waals surface area (Å²) in [4.78, 5) is 25.9. The molecule has 4 rings (SSSR count). The fourth-order valence-corrected chi connectivity index (χ4v) is 7.42. The predicted octanol–water partition coefficient (Wildman–Crippen LogP) is 3.52. The van der Waals surface area contributed by atoms with E-state index in [0.717, 1.165) is 33.8 Å². The quantitative estimate of drug-likeness (QED) is 0.719. The number of hydrogen-bond donors (Lipinski definition) is 0. The summed E-state index contributed by atoms with van der Waals surface area (Å²) in [5, 5.41) is -1.04. The molecule has 4 nitrogen and oxygen atoms in total. The Morgan fingerprint density at radius 1 is 0.815 bits per heavy atom. The highest BCUT2D eigenvalue weighted by atomic mass is 32.2. The number of ether oxygens (including phenoxy) is 2. The van der Waals surface area contributed by atoms with Crippen LogP contribution in [0.3, 0.4) is 0 Å². The number of benzene rings is 2. The van der Waals surface area contributed by atoms with Crippen LogP contribution < -0.4 is 0 Å². The van der Waals surface area contributed by atoms with Crippen molar-refractivity contribution < 1.29 is 19.1 Å². The van der Waals surface area contributed by atoms with Gasteiger partial charge in [0.05, 0.1) is 19.6 Å². The third-order valence-corrected chi connectivity index (χ3v) is 8.28. The van der Waals surface area contributed by atoms with E-state index in [2.05, 4.69) is 12.1 Å². The normalized spacial score (nSPS) is 22.4. The first-order valence-electron chi connectivity index (χ1n) is 8.74. The Labute approximate surface area is 167 Å². The molecule has 0 amide bonds. The maximum atomic E-state index is 13.0. The van der Waals surface area contributed by atoms with Crippen LogP contribution >= 0.6 is 23.5 Å². The maximum absolute atomic E-state index is 13.0. The SMILES string of the molecule is COC(=O)[C@@H]1SCCS[C@@H](C(=O)OC)C12c1ccccc1-c1ccccc12. The predicted molar refractivity (Wildman–Crippen MR) is 109 cm³/mol. The first-order chi connectivity index (χ1) is 13.2. The lowest BCUT2D eigenvalue weighted by atomic mass is 9.72. The van der Waals surface area contributed by atoms with Crippen molar-refractivity contribution in [1.82, 2.24) is 0 Å². The summed E-state index contributed by atoms with van der Waals surface area (Å²) in [6, 6.07) is 16.1. The molecule has 2 aromatic carbocycles. The molecule has 0 radical (unpaired) electrons. The van der Waals surface area contributed by atoms with E-state index in [1.165, 1.54) is 14.2 Å². The molecule has 0 N–H and O–H groups in total. The van der Waals surface area contributed by atoms with Gasteiger partial charge < -0.3 is 9.47 Å². The van der Waals surface area contributed by atoms with Crippen molar-refractivity contribution in [2.24, 2.45) is 0 Å². The van der Waals surface area contributed by atoms with Crippen molar-refractivity contribution in [3.63, 3.8) is 0 Å². The van der Waals surface area contributed by atoms with Crippen LogP contribution in [-0.4, -0.2) is 48.2 Å². The van der Waals surface area contributed by atoms with Gasteiger partial charge in [0.1, 0.15) is 10.5 Å². The van der Waals surface area contributed by atoms with Gasteiger partial charge in [0.2, 0.25) is 0 Å². The molecule has 6 heteroatoms. The van der Waals surface area contributed by atoms with E-state index in [9.17, 15) is 9.59 Å². The van der Waals surface area contributed by atoms with E-state index < -0.39 is 15.9 Å². The minimum absolute atomic E-state index is 0.303. The lowest BCUT2D eigenvalue weighted by Crippen LogP contribution is -2.52. The van der Waals surface area contributed by atoms with Gasteiger partial charge in [-0.15, -0.1) is 23.5 Å². The van der Waals surface area contributed by atoms with Crippen molar-refractivity contribution in [2.45, 2.75) is 15.9 Å². The Bertz CT molecular complexity index is 822. The number of hydrogen-bond acceptors (Lipinski definition) is 6. The van der Waals surface area contributed by atoms with E-state index in [1.54, 1.807) is 23.5 Å². The molecule has 2 aromatic rings. The van der Waals surface area contributed by atoms with E-state index in [0.29, 0.717) is 0 Å². The van der Waals surface area contributed by atoms with Gasteiger partial charge in [-0.2, -0.15) is 0 Å². The van der Waals surface area contributed by atoms with Gasteiger partial charge in [-0.1, -0.05) is 48.5 Å². The Hall–Kier alpha value is -1.92. The standard InChI is InChI=1S/C21H20O4S2/c1-24-19(22)17-21(18(20(23)25-2)27-12-11-26-17)15-9-5-3-7-13(15)14-8-4-6-10-16(14)21/h3-10,17-18H,11-12H2,1-2H3/t17-,18-/m0/s1. The summed E-state index contributed by atoms with van der Waals surface area (Å²) >= 11 is 3.14. The molecule has 0 aromatic heterocycles. The van der Waals surface area contributed by atoms with Gasteiger partial charge in [-0.05, 0) is 22.3 Å². The molecule has 2 aliphatic rings. The number of esters is 2. The summed E-state index contributed by atoms with van der Waals surface area (Å²) in [6.07, 6.45) is 0. The van der Waals surface area contributed by atoms with Crippen LogP contribution in [0, 0.1) is 0 Å². The summed E-state index contributed by atoms with van der Waals surface area (Å²) in [7, 11) is 2.82. The average Bonchev–Trinajstić information content (AvgIpc) is 2.86. The lowest BCUT2D eigenvalue weighted by Gasteiger charge is -2.40. The molecular weight excluding hydrogens is 380 g/mol. The van der Waals surface area contributed by atoms with E-state index in [-0.39, 0.29) is 11.9 Å². The smallest absolute Gasteiger partial charge is 0.320 e. The highest BCUT2D eigenvalue weighted by Gasteiger charge is 2.60. The van der Waals surface area contributed by atoms with E-state index in [1.807, 2.05) is 36.4 Å². The van der Waals surface area contributed by atoms with Crippen LogP contribution in [0.5, 0.6) is 0 Å². The van der Waals surface area contributed by atoms with Crippen molar-refractivity contribution in [2.75, 3.05) is 25.7 Å². The maximum Gasteiger partial charge on any atom is 0.320 e. The average molecular weight is 401 g/mol. The van der Waals surface area contributed by atoms with Crippen LogP contribution in [0.25, 0.3) is 11.1 Å². The molecule has 1 aliphatic heterocycles. The molecule has 140 valence electrons. The Balaban J connectivity index is 2.09. The zero-order chi connectivity index (χ0) is 19.0. The van der Waals surface area contributed by atoms with Gasteiger partial charge in [-0.3, -0.25) is 9.59 Å². The van der Waals surface area contributed by atoms with E-state index >= 15 is 0 Å². The molecule has 1 fully saturated rings. The third-order valence-electron chi connectivity index (χ3n) is 5.35. The van der Waals surface area contributed by atoms with Gasteiger partial charge in [0, 0.05) is 11.5 Å². The molecule has 1 heterocycles. The van der Waals surface area contributed by atoms with Crippen molar-refractivity contribution in [3.05, 3.63) is 59.7 Å². The monoisotopic (exact) mass is 400 g/mol. The lowest BCUT2D eigenvalue weighted by molar-refractivity contribution is -0.143. The first kappa shape index (κ1) is 18.4. The summed E-state index contributed by atoms with van der Waals surface area (Å²) in [5.41, 5.74) is 3.31. The Morgan fingerprint density at radius 3 is 1.63 bits per heavy atom. The van der Waals surface area contributed by atoms with Gasteiger partial charge in [-0.25, -0.2) is 0 Å². The minimum Gasteiger partial charge on any atom is -0.468 e. The number of methoxy groups -OCH3 is 2. The van der Waals surface area contributed by atoms with Crippen LogP contribution in [0.4, 0.5) is 0 Å². The Kier molecular flexibility index (Phi) is 4.95. The van der Waals surface area contributed by atoms with Crippen molar-refractivity contribution in [3.8, 4) is 11.1 Å². The largest absolute Gasteiger partial charge is 0.468 e. The molecule has 1 spiro atoms. The number of thioether (sulfide) groups is 2. The number of rotatable bonds is 2. The van der Waals surface area contributed by atoms with Gasteiger partial charge in [0.25, 0.3) is 0 Å². The summed E-state index contributed by atoms with van der Waals surface area (Å²) in [5.74, 6) is 0.930. The molecule has 0 saturated carbocycles.